The molecule has 0 saturated heterocycles. The Morgan fingerprint density at radius 3 is 2.26 bits per heavy atom. The lowest BCUT2D eigenvalue weighted by atomic mass is 9.90. The van der Waals surface area contributed by atoms with E-state index in [1.807, 2.05) is 47.4 Å². The lowest BCUT2D eigenvalue weighted by Crippen LogP contribution is -2.35. The van der Waals surface area contributed by atoms with Crippen molar-refractivity contribution in [1.29, 1.82) is 0 Å². The number of nitrogens with zero attached hydrogens (tertiary/aromatic N) is 1. The van der Waals surface area contributed by atoms with Gasteiger partial charge in [-0.05, 0) is 48.6 Å². The van der Waals surface area contributed by atoms with Gasteiger partial charge in [0.05, 0.1) is 23.3 Å². The van der Waals surface area contributed by atoms with Gasteiger partial charge in [0.1, 0.15) is 10.8 Å². The molecule has 0 aliphatic heterocycles. The summed E-state index contributed by atoms with van der Waals surface area (Å²) >= 11 is 1.44. The van der Waals surface area contributed by atoms with Crippen LogP contribution in [0.15, 0.2) is 84.2 Å². The van der Waals surface area contributed by atoms with Gasteiger partial charge in [-0.2, -0.15) is 8.42 Å². The first-order valence-electron chi connectivity index (χ1n) is 12.1. The van der Waals surface area contributed by atoms with E-state index >= 15 is 0 Å². The molecule has 7 nitrogen and oxygen atoms in total. The molecule has 1 heterocycles. The summed E-state index contributed by atoms with van der Waals surface area (Å²) < 4.78 is 48.1. The van der Waals surface area contributed by atoms with Gasteiger partial charge in [0, 0.05) is 10.9 Å². The van der Waals surface area contributed by atoms with Crippen LogP contribution in [0.3, 0.4) is 0 Å². The van der Waals surface area contributed by atoms with E-state index in [1.54, 1.807) is 30.3 Å². The predicted octanol–water partition coefficient (Wildman–Crippen LogP) is 5.49. The van der Waals surface area contributed by atoms with E-state index in [1.165, 1.54) is 29.5 Å². The highest BCUT2D eigenvalue weighted by atomic mass is 32.2. The lowest BCUT2D eigenvalue weighted by molar-refractivity contribution is -0.123. The van der Waals surface area contributed by atoms with E-state index < -0.39 is 28.1 Å². The number of hydrogen-bond donors (Lipinski definition) is 3. The Kier molecular flexibility index (Phi) is 8.88. The number of aryl methyl sites for hydroxylation is 1. The highest BCUT2D eigenvalue weighted by Crippen LogP contribution is 2.28. The van der Waals surface area contributed by atoms with Crippen LogP contribution < -0.4 is 10.0 Å². The smallest absolute Gasteiger partial charge is 0.346 e. The number of hydrogen-bond acceptors (Lipinski definition) is 5. The number of anilines is 1. The third-order valence-electron chi connectivity index (χ3n) is 6.07. The maximum absolute atomic E-state index is 14.9. The van der Waals surface area contributed by atoms with Crippen molar-refractivity contribution < 1.29 is 22.2 Å². The van der Waals surface area contributed by atoms with Gasteiger partial charge < -0.3 is 5.32 Å². The first kappa shape index (κ1) is 27.4. The summed E-state index contributed by atoms with van der Waals surface area (Å²) in [5.41, 5.74) is 3.17. The molecule has 0 aliphatic carbocycles. The Hall–Kier alpha value is -3.60. The van der Waals surface area contributed by atoms with Crippen LogP contribution in [0.4, 0.5) is 10.1 Å². The van der Waals surface area contributed by atoms with Gasteiger partial charge in [0.2, 0.25) is 5.91 Å². The fourth-order valence-corrected chi connectivity index (χ4v) is 5.55. The Labute approximate surface area is 225 Å². The standard InChI is InChI=1S/C28H28FN3O4S2/c1-2-21-18-37-28(30-21)26(17-20-12-14-22(15-13-20)32-38(34,35)36)31-27(33)24(16-19-8-4-3-5-9-19)23-10-6-7-11-25(23)29/h3-15,18,24,26,32H,2,16-17H2,1H3,(H,31,33)(H,34,35,36). The van der Waals surface area contributed by atoms with Gasteiger partial charge in [-0.15, -0.1) is 11.3 Å². The molecule has 3 N–H and O–H groups in total. The van der Waals surface area contributed by atoms with Gasteiger partial charge in [0.15, 0.2) is 0 Å². The first-order chi connectivity index (χ1) is 18.2. The number of aromatic nitrogens is 1. The van der Waals surface area contributed by atoms with Gasteiger partial charge in [-0.25, -0.2) is 9.37 Å². The molecule has 2 atom stereocenters. The number of amides is 1. The molecule has 0 fully saturated rings. The summed E-state index contributed by atoms with van der Waals surface area (Å²) in [4.78, 5) is 18.4. The van der Waals surface area contributed by atoms with Crippen LogP contribution in [0.25, 0.3) is 0 Å². The molecule has 1 amide bonds. The summed E-state index contributed by atoms with van der Waals surface area (Å²) in [6.07, 6.45) is 1.46. The second-order valence-electron chi connectivity index (χ2n) is 8.83. The molecule has 198 valence electrons. The molecule has 10 heteroatoms. The quantitative estimate of drug-likeness (QED) is 0.213. The van der Waals surface area contributed by atoms with E-state index in [-0.39, 0.29) is 11.6 Å². The van der Waals surface area contributed by atoms with Crippen LogP contribution >= 0.6 is 11.3 Å². The van der Waals surface area contributed by atoms with Crippen molar-refractivity contribution in [2.45, 2.75) is 38.1 Å². The predicted molar refractivity (Wildman–Crippen MR) is 147 cm³/mol. The van der Waals surface area contributed by atoms with Gasteiger partial charge in [-0.3, -0.25) is 14.1 Å². The summed E-state index contributed by atoms with van der Waals surface area (Å²) in [6.45, 7) is 2.00. The minimum atomic E-state index is -4.38. The molecule has 0 spiro atoms. The third kappa shape index (κ3) is 7.47. The van der Waals surface area contributed by atoms with Crippen LogP contribution in [0, 0.1) is 5.82 Å². The van der Waals surface area contributed by atoms with Crippen molar-refractivity contribution in [2.24, 2.45) is 0 Å². The van der Waals surface area contributed by atoms with Crippen LogP contribution in [0.2, 0.25) is 0 Å². The molecular weight excluding hydrogens is 525 g/mol. The third-order valence-corrected chi connectivity index (χ3v) is 7.57. The number of halogens is 1. The number of nitrogens with one attached hydrogen (secondary N) is 2. The van der Waals surface area contributed by atoms with Crippen LogP contribution in [0.1, 0.15) is 46.3 Å². The number of thiazole rings is 1. The van der Waals surface area contributed by atoms with E-state index in [2.05, 4.69) is 10.3 Å². The summed E-state index contributed by atoms with van der Waals surface area (Å²) in [7, 11) is -4.38. The molecule has 2 unspecified atom stereocenters. The molecule has 1 aromatic heterocycles. The van der Waals surface area contributed by atoms with Crippen molar-refractivity contribution in [2.75, 3.05) is 4.72 Å². The van der Waals surface area contributed by atoms with Crippen molar-refractivity contribution in [3.8, 4) is 0 Å². The van der Waals surface area contributed by atoms with E-state index in [0.29, 0.717) is 18.4 Å². The van der Waals surface area contributed by atoms with E-state index in [0.717, 1.165) is 28.2 Å². The average molecular weight is 554 g/mol. The van der Waals surface area contributed by atoms with Crippen LogP contribution in [-0.4, -0.2) is 23.9 Å². The monoisotopic (exact) mass is 553 g/mol. The molecule has 0 radical (unpaired) electrons. The van der Waals surface area contributed by atoms with Crippen molar-refractivity contribution in [1.82, 2.24) is 10.3 Å². The Morgan fingerprint density at radius 1 is 0.974 bits per heavy atom. The van der Waals surface area contributed by atoms with Crippen LogP contribution in [-0.2, 0) is 34.4 Å². The van der Waals surface area contributed by atoms with Gasteiger partial charge >= 0.3 is 10.3 Å². The summed E-state index contributed by atoms with van der Waals surface area (Å²) in [5, 5.41) is 5.78. The Morgan fingerprint density at radius 2 is 1.63 bits per heavy atom. The zero-order valence-electron chi connectivity index (χ0n) is 20.7. The Bertz CT molecular complexity index is 1480. The molecule has 3 aromatic carbocycles. The normalized spacial score (nSPS) is 13.0. The molecule has 38 heavy (non-hydrogen) atoms. The highest BCUT2D eigenvalue weighted by molar-refractivity contribution is 7.87. The zero-order chi connectivity index (χ0) is 27.1. The molecule has 0 saturated carbocycles. The topological polar surface area (TPSA) is 108 Å². The SMILES string of the molecule is CCc1csc(C(Cc2ccc(NS(=O)(=O)O)cc2)NC(=O)C(Cc2ccccc2)c2ccccc2F)n1. The minimum Gasteiger partial charge on any atom is -0.346 e. The van der Waals surface area contributed by atoms with Gasteiger partial charge in [0.25, 0.3) is 0 Å². The highest BCUT2D eigenvalue weighted by Gasteiger charge is 2.28. The van der Waals surface area contributed by atoms with Crippen molar-refractivity contribution >= 4 is 33.2 Å². The first-order valence-corrected chi connectivity index (χ1v) is 14.4. The van der Waals surface area contributed by atoms with E-state index in [9.17, 15) is 17.6 Å². The Balaban J connectivity index is 1.62. The molecule has 0 aliphatic rings. The fraction of sp³-hybridized carbons (Fsp3) is 0.214. The number of carbonyl (C=O) groups excluding carboxylic acids is 1. The number of rotatable bonds is 11. The van der Waals surface area contributed by atoms with Crippen molar-refractivity contribution in [3.63, 3.8) is 0 Å². The average Bonchev–Trinajstić information content (AvgIpc) is 3.38. The summed E-state index contributed by atoms with van der Waals surface area (Å²) in [6, 6.07) is 21.8. The van der Waals surface area contributed by atoms with Crippen LogP contribution in [0.5, 0.6) is 0 Å². The van der Waals surface area contributed by atoms with E-state index in [4.69, 9.17) is 4.55 Å². The maximum atomic E-state index is 14.9. The molecular formula is C28H28FN3O4S2. The second-order valence-corrected chi connectivity index (χ2v) is 10.9. The number of benzene rings is 3. The zero-order valence-corrected chi connectivity index (χ0v) is 22.3. The van der Waals surface area contributed by atoms with Crippen molar-refractivity contribution in [3.05, 3.63) is 117 Å². The largest absolute Gasteiger partial charge is 0.357 e. The molecule has 0 bridgehead atoms. The molecule has 4 rings (SSSR count). The number of carbonyl (C=O) groups is 1. The summed E-state index contributed by atoms with van der Waals surface area (Å²) in [5.74, 6) is -1.51. The van der Waals surface area contributed by atoms with Gasteiger partial charge in [-0.1, -0.05) is 67.6 Å². The second kappa shape index (κ2) is 12.3. The molecule has 4 aromatic rings. The maximum Gasteiger partial charge on any atom is 0.357 e. The fourth-order valence-electron chi connectivity index (χ4n) is 4.16. The minimum absolute atomic E-state index is 0.210. The lowest BCUT2D eigenvalue weighted by Gasteiger charge is -2.23.